The van der Waals surface area contributed by atoms with Gasteiger partial charge in [-0.15, -0.1) is 0 Å². The molecule has 1 aromatic rings. The van der Waals surface area contributed by atoms with E-state index in [1.54, 1.807) is 12.1 Å². The van der Waals surface area contributed by atoms with Crippen LogP contribution in [0, 0.1) is 5.92 Å². The number of aliphatic carboxylic acids is 1. The van der Waals surface area contributed by atoms with E-state index in [9.17, 15) is 4.79 Å². The molecule has 0 aromatic heterocycles. The Balaban J connectivity index is 2.39. The molecule has 1 aliphatic rings. The highest BCUT2D eigenvalue weighted by Gasteiger charge is 2.58. The van der Waals surface area contributed by atoms with Crippen molar-refractivity contribution in [2.45, 2.75) is 18.8 Å². The van der Waals surface area contributed by atoms with Crippen LogP contribution in [0.3, 0.4) is 0 Å². The van der Waals surface area contributed by atoms with Gasteiger partial charge in [-0.05, 0) is 30.0 Å². The predicted molar refractivity (Wildman–Crippen MR) is 53.9 cm³/mol. The van der Waals surface area contributed by atoms with Gasteiger partial charge in [-0.25, -0.2) is 0 Å². The Hall–Kier alpha value is -1.51. The molecule has 3 nitrogen and oxygen atoms in total. The molecule has 0 bridgehead atoms. The van der Waals surface area contributed by atoms with E-state index in [-0.39, 0.29) is 5.92 Å². The first-order valence-corrected chi connectivity index (χ1v) is 4.67. The summed E-state index contributed by atoms with van der Waals surface area (Å²) >= 11 is 0. The van der Waals surface area contributed by atoms with Crippen LogP contribution in [0.25, 0.3) is 0 Å². The minimum absolute atomic E-state index is 0.226. The Kier molecular flexibility index (Phi) is 1.77. The Bertz CT molecular complexity index is 371. The molecule has 1 fully saturated rings. The monoisotopic (exact) mass is 191 g/mol. The van der Waals surface area contributed by atoms with Crippen LogP contribution in [0.2, 0.25) is 0 Å². The topological polar surface area (TPSA) is 63.3 Å². The summed E-state index contributed by atoms with van der Waals surface area (Å²) in [7, 11) is 0. The first-order valence-electron chi connectivity index (χ1n) is 4.67. The SMILES string of the molecule is CC1CC1(C(=O)O)c1ccc(N)cc1. The maximum absolute atomic E-state index is 11.1. The van der Waals surface area contributed by atoms with E-state index >= 15 is 0 Å². The average Bonchev–Trinajstić information content (AvgIpc) is 2.80. The van der Waals surface area contributed by atoms with Gasteiger partial charge in [0.25, 0.3) is 0 Å². The van der Waals surface area contributed by atoms with Gasteiger partial charge in [0.1, 0.15) is 0 Å². The lowest BCUT2D eigenvalue weighted by molar-refractivity contribution is -0.140. The van der Waals surface area contributed by atoms with Crippen LogP contribution < -0.4 is 5.73 Å². The number of carboxylic acids is 1. The molecule has 74 valence electrons. The molecule has 0 saturated heterocycles. The molecule has 3 N–H and O–H groups in total. The molecule has 3 heteroatoms. The van der Waals surface area contributed by atoms with Gasteiger partial charge < -0.3 is 10.8 Å². The molecule has 14 heavy (non-hydrogen) atoms. The van der Waals surface area contributed by atoms with E-state index in [4.69, 9.17) is 10.8 Å². The van der Waals surface area contributed by atoms with Crippen molar-refractivity contribution in [3.8, 4) is 0 Å². The fourth-order valence-electron chi connectivity index (χ4n) is 2.03. The van der Waals surface area contributed by atoms with Gasteiger partial charge in [0, 0.05) is 5.69 Å². The Morgan fingerprint density at radius 2 is 2.00 bits per heavy atom. The fourth-order valence-corrected chi connectivity index (χ4v) is 2.03. The molecule has 2 rings (SSSR count). The van der Waals surface area contributed by atoms with Gasteiger partial charge in [0.15, 0.2) is 0 Å². The van der Waals surface area contributed by atoms with Gasteiger partial charge in [0.2, 0.25) is 0 Å². The van der Waals surface area contributed by atoms with Crippen molar-refractivity contribution in [1.82, 2.24) is 0 Å². The average molecular weight is 191 g/mol. The number of carboxylic acid groups (broad SMARTS) is 1. The number of carbonyl (C=O) groups is 1. The number of nitrogens with two attached hydrogens (primary N) is 1. The summed E-state index contributed by atoms with van der Waals surface area (Å²) in [5.74, 6) is -0.501. The summed E-state index contributed by atoms with van der Waals surface area (Å²) in [6.07, 6.45) is 0.728. The van der Waals surface area contributed by atoms with Crippen molar-refractivity contribution in [3.05, 3.63) is 29.8 Å². The number of nitrogen functional groups attached to an aromatic ring is 1. The largest absolute Gasteiger partial charge is 0.481 e. The van der Waals surface area contributed by atoms with Gasteiger partial charge in [0.05, 0.1) is 5.41 Å². The van der Waals surface area contributed by atoms with Crippen LogP contribution in [0.4, 0.5) is 5.69 Å². The molecule has 1 aromatic carbocycles. The van der Waals surface area contributed by atoms with Crippen LogP contribution >= 0.6 is 0 Å². The van der Waals surface area contributed by atoms with Crippen molar-refractivity contribution in [3.63, 3.8) is 0 Å². The first kappa shape index (κ1) is 9.06. The van der Waals surface area contributed by atoms with Crippen molar-refractivity contribution in [1.29, 1.82) is 0 Å². The third-order valence-electron chi connectivity index (χ3n) is 3.12. The molecule has 1 saturated carbocycles. The van der Waals surface area contributed by atoms with Crippen molar-refractivity contribution in [2.24, 2.45) is 5.92 Å². The molecular formula is C11H13NO2. The zero-order chi connectivity index (χ0) is 10.3. The molecule has 0 aliphatic heterocycles. The van der Waals surface area contributed by atoms with E-state index in [2.05, 4.69) is 0 Å². The highest BCUT2D eigenvalue weighted by Crippen LogP contribution is 2.54. The maximum atomic E-state index is 11.1. The predicted octanol–water partition coefficient (Wildman–Crippen LogP) is 1.63. The number of hydrogen-bond acceptors (Lipinski definition) is 2. The van der Waals surface area contributed by atoms with Crippen LogP contribution in [0.5, 0.6) is 0 Å². The quantitative estimate of drug-likeness (QED) is 0.698. The minimum atomic E-state index is -0.727. The minimum Gasteiger partial charge on any atom is -0.481 e. The second-order valence-electron chi connectivity index (χ2n) is 4.00. The molecule has 2 atom stereocenters. The number of hydrogen-bond donors (Lipinski definition) is 2. The van der Waals surface area contributed by atoms with Gasteiger partial charge in [-0.3, -0.25) is 4.79 Å². The lowest BCUT2D eigenvalue weighted by Gasteiger charge is -2.11. The Morgan fingerprint density at radius 1 is 1.50 bits per heavy atom. The molecule has 0 heterocycles. The summed E-state index contributed by atoms with van der Waals surface area (Å²) < 4.78 is 0. The van der Waals surface area contributed by atoms with Crippen LogP contribution in [-0.2, 0) is 10.2 Å². The van der Waals surface area contributed by atoms with Crippen molar-refractivity contribution >= 4 is 11.7 Å². The van der Waals surface area contributed by atoms with Crippen molar-refractivity contribution < 1.29 is 9.90 Å². The van der Waals surface area contributed by atoms with Crippen LogP contribution in [0.1, 0.15) is 18.9 Å². The zero-order valence-corrected chi connectivity index (χ0v) is 8.03. The summed E-state index contributed by atoms with van der Waals surface area (Å²) in [6.45, 7) is 1.96. The van der Waals surface area contributed by atoms with Gasteiger partial charge in [-0.1, -0.05) is 19.1 Å². The lowest BCUT2D eigenvalue weighted by Crippen LogP contribution is -2.21. The van der Waals surface area contributed by atoms with Gasteiger partial charge >= 0.3 is 5.97 Å². The van der Waals surface area contributed by atoms with E-state index in [0.29, 0.717) is 5.69 Å². The fraction of sp³-hybridized carbons (Fsp3) is 0.364. The third kappa shape index (κ3) is 1.09. The highest BCUT2D eigenvalue weighted by molar-refractivity contribution is 5.85. The number of anilines is 1. The van der Waals surface area contributed by atoms with E-state index in [0.717, 1.165) is 12.0 Å². The molecule has 0 spiro atoms. The van der Waals surface area contributed by atoms with Crippen LogP contribution in [0.15, 0.2) is 24.3 Å². The van der Waals surface area contributed by atoms with E-state index in [1.807, 2.05) is 19.1 Å². The second-order valence-corrected chi connectivity index (χ2v) is 4.00. The number of benzene rings is 1. The van der Waals surface area contributed by atoms with Gasteiger partial charge in [-0.2, -0.15) is 0 Å². The Labute approximate surface area is 82.5 Å². The molecule has 0 radical (unpaired) electrons. The standard InChI is InChI=1S/C11H13NO2/c1-7-6-11(7,10(13)14)8-2-4-9(12)5-3-8/h2-5,7H,6,12H2,1H3,(H,13,14). The second kappa shape index (κ2) is 2.74. The number of rotatable bonds is 2. The molecular weight excluding hydrogens is 178 g/mol. The maximum Gasteiger partial charge on any atom is 0.314 e. The van der Waals surface area contributed by atoms with Crippen LogP contribution in [-0.4, -0.2) is 11.1 Å². The van der Waals surface area contributed by atoms with Crippen molar-refractivity contribution in [2.75, 3.05) is 5.73 Å². The molecule has 0 amide bonds. The summed E-state index contributed by atoms with van der Waals surface area (Å²) in [5, 5.41) is 9.17. The zero-order valence-electron chi connectivity index (χ0n) is 8.03. The lowest BCUT2D eigenvalue weighted by atomic mass is 9.93. The first-order chi connectivity index (χ1) is 6.57. The summed E-state index contributed by atoms with van der Waals surface area (Å²) in [5.41, 5.74) is 6.44. The normalized spacial score (nSPS) is 29.9. The molecule has 1 aliphatic carbocycles. The summed E-state index contributed by atoms with van der Waals surface area (Å²) in [4.78, 5) is 11.1. The highest BCUT2D eigenvalue weighted by atomic mass is 16.4. The smallest absolute Gasteiger partial charge is 0.314 e. The van der Waals surface area contributed by atoms with E-state index < -0.39 is 11.4 Å². The van der Waals surface area contributed by atoms with E-state index in [1.165, 1.54) is 0 Å². The third-order valence-corrected chi connectivity index (χ3v) is 3.12. The molecule has 2 unspecified atom stereocenters. The Morgan fingerprint density at radius 3 is 2.36 bits per heavy atom. The summed E-state index contributed by atoms with van der Waals surface area (Å²) in [6, 6.07) is 7.13.